The van der Waals surface area contributed by atoms with Crippen molar-refractivity contribution in [3.63, 3.8) is 0 Å². The van der Waals surface area contributed by atoms with Crippen LogP contribution in [0.15, 0.2) is 30.3 Å². The standard InChI is InChI=1S/C17H31N3/c1-5-12-20(14-13-19(3)4)16(6-2)17(18)15-10-8-7-9-11-15/h7-11,16-17H,5-6,12-14,18H2,1-4H3. The highest BCUT2D eigenvalue weighted by molar-refractivity contribution is 5.20. The second kappa shape index (κ2) is 9.11. The van der Waals surface area contributed by atoms with E-state index >= 15 is 0 Å². The summed E-state index contributed by atoms with van der Waals surface area (Å²) in [6, 6.07) is 11.0. The Hall–Kier alpha value is -0.900. The van der Waals surface area contributed by atoms with Crippen molar-refractivity contribution in [3.05, 3.63) is 35.9 Å². The molecule has 2 N–H and O–H groups in total. The molecule has 2 unspecified atom stereocenters. The lowest BCUT2D eigenvalue weighted by Crippen LogP contribution is -2.45. The number of rotatable bonds is 9. The monoisotopic (exact) mass is 277 g/mol. The zero-order valence-corrected chi connectivity index (χ0v) is 13.5. The molecular weight excluding hydrogens is 246 g/mol. The van der Waals surface area contributed by atoms with E-state index in [1.165, 1.54) is 12.0 Å². The van der Waals surface area contributed by atoms with Crippen molar-refractivity contribution in [2.24, 2.45) is 5.73 Å². The average Bonchev–Trinajstić information content (AvgIpc) is 2.46. The molecule has 0 saturated heterocycles. The van der Waals surface area contributed by atoms with Gasteiger partial charge < -0.3 is 10.6 Å². The van der Waals surface area contributed by atoms with Gasteiger partial charge in [0.2, 0.25) is 0 Å². The van der Waals surface area contributed by atoms with Crippen LogP contribution in [0.3, 0.4) is 0 Å². The quantitative estimate of drug-likeness (QED) is 0.753. The highest BCUT2D eigenvalue weighted by Gasteiger charge is 2.23. The van der Waals surface area contributed by atoms with Crippen LogP contribution >= 0.6 is 0 Å². The summed E-state index contributed by atoms with van der Waals surface area (Å²) in [6.07, 6.45) is 2.26. The minimum Gasteiger partial charge on any atom is -0.323 e. The Morgan fingerprint density at radius 2 is 1.65 bits per heavy atom. The van der Waals surface area contributed by atoms with E-state index in [0.29, 0.717) is 6.04 Å². The number of hydrogen-bond acceptors (Lipinski definition) is 3. The first-order chi connectivity index (χ1) is 9.60. The highest BCUT2D eigenvalue weighted by Crippen LogP contribution is 2.21. The molecule has 0 aromatic heterocycles. The molecule has 1 aromatic rings. The number of nitrogens with zero attached hydrogens (tertiary/aromatic N) is 2. The predicted octanol–water partition coefficient (Wildman–Crippen LogP) is 2.74. The average molecular weight is 277 g/mol. The fourth-order valence-corrected chi connectivity index (χ4v) is 2.70. The van der Waals surface area contributed by atoms with Crippen molar-refractivity contribution in [1.82, 2.24) is 9.80 Å². The Kier molecular flexibility index (Phi) is 7.82. The summed E-state index contributed by atoms with van der Waals surface area (Å²) in [5, 5.41) is 0. The van der Waals surface area contributed by atoms with Gasteiger partial charge in [-0.15, -0.1) is 0 Å². The zero-order chi connectivity index (χ0) is 15.0. The van der Waals surface area contributed by atoms with Gasteiger partial charge >= 0.3 is 0 Å². The smallest absolute Gasteiger partial charge is 0.0453 e. The molecule has 0 heterocycles. The first-order valence-corrected chi connectivity index (χ1v) is 7.79. The van der Waals surface area contributed by atoms with E-state index in [1.54, 1.807) is 0 Å². The predicted molar refractivity (Wildman–Crippen MR) is 87.9 cm³/mol. The second-order valence-corrected chi connectivity index (χ2v) is 5.75. The number of likely N-dealkylation sites (N-methyl/N-ethyl adjacent to an activating group) is 1. The topological polar surface area (TPSA) is 32.5 Å². The van der Waals surface area contributed by atoms with Crippen LogP contribution in [0.1, 0.15) is 38.3 Å². The molecule has 2 atom stereocenters. The van der Waals surface area contributed by atoms with E-state index in [0.717, 1.165) is 26.1 Å². The summed E-state index contributed by atoms with van der Waals surface area (Å²) in [7, 11) is 4.25. The van der Waals surface area contributed by atoms with Gasteiger partial charge in [0, 0.05) is 25.2 Å². The normalized spacial score (nSPS) is 14.8. The molecule has 114 valence electrons. The minimum atomic E-state index is 0.0925. The molecule has 1 rings (SSSR count). The van der Waals surface area contributed by atoms with Crippen molar-refractivity contribution >= 4 is 0 Å². The molecule has 0 amide bonds. The maximum Gasteiger partial charge on any atom is 0.0453 e. The molecule has 0 fully saturated rings. The third-order valence-corrected chi connectivity index (χ3v) is 3.83. The van der Waals surface area contributed by atoms with Gasteiger partial charge in [-0.25, -0.2) is 0 Å². The summed E-state index contributed by atoms with van der Waals surface area (Å²) in [4.78, 5) is 4.79. The van der Waals surface area contributed by atoms with Crippen molar-refractivity contribution in [1.29, 1.82) is 0 Å². The molecule has 0 aliphatic rings. The summed E-state index contributed by atoms with van der Waals surface area (Å²) < 4.78 is 0. The van der Waals surface area contributed by atoms with Gasteiger partial charge in [-0.3, -0.25) is 4.90 Å². The van der Waals surface area contributed by atoms with Crippen molar-refractivity contribution < 1.29 is 0 Å². The molecule has 20 heavy (non-hydrogen) atoms. The summed E-state index contributed by atoms with van der Waals surface area (Å²) in [5.74, 6) is 0. The molecule has 0 spiro atoms. The molecule has 3 nitrogen and oxygen atoms in total. The van der Waals surface area contributed by atoms with Crippen LogP contribution in [-0.2, 0) is 0 Å². The number of benzene rings is 1. The first-order valence-electron chi connectivity index (χ1n) is 7.79. The van der Waals surface area contributed by atoms with Gasteiger partial charge in [0.1, 0.15) is 0 Å². The van der Waals surface area contributed by atoms with Crippen LogP contribution in [0, 0.1) is 0 Å². The Morgan fingerprint density at radius 1 is 1.00 bits per heavy atom. The molecule has 1 aromatic carbocycles. The SMILES string of the molecule is CCCN(CCN(C)C)C(CC)C(N)c1ccccc1. The van der Waals surface area contributed by atoms with Crippen molar-refractivity contribution in [2.45, 2.75) is 38.8 Å². The minimum absolute atomic E-state index is 0.0925. The zero-order valence-electron chi connectivity index (χ0n) is 13.5. The molecule has 0 radical (unpaired) electrons. The number of nitrogens with two attached hydrogens (primary N) is 1. The van der Waals surface area contributed by atoms with Crippen LogP contribution in [0.25, 0.3) is 0 Å². The molecule has 0 aliphatic carbocycles. The van der Waals surface area contributed by atoms with Crippen molar-refractivity contribution in [3.8, 4) is 0 Å². The van der Waals surface area contributed by atoms with Crippen LogP contribution in [0.4, 0.5) is 0 Å². The van der Waals surface area contributed by atoms with Crippen molar-refractivity contribution in [2.75, 3.05) is 33.7 Å². The Labute approximate surface area is 124 Å². The molecule has 0 bridgehead atoms. The fourth-order valence-electron chi connectivity index (χ4n) is 2.70. The van der Waals surface area contributed by atoms with Crippen LogP contribution in [0.2, 0.25) is 0 Å². The van der Waals surface area contributed by atoms with E-state index in [2.05, 4.69) is 62.0 Å². The van der Waals surface area contributed by atoms with Crippen LogP contribution in [0.5, 0.6) is 0 Å². The van der Waals surface area contributed by atoms with E-state index in [-0.39, 0.29) is 6.04 Å². The van der Waals surface area contributed by atoms with E-state index < -0.39 is 0 Å². The lowest BCUT2D eigenvalue weighted by molar-refractivity contribution is 0.152. The van der Waals surface area contributed by atoms with Gasteiger partial charge in [-0.05, 0) is 39.0 Å². The lowest BCUT2D eigenvalue weighted by atomic mass is 9.96. The first kappa shape index (κ1) is 17.2. The Balaban J connectivity index is 2.78. The summed E-state index contributed by atoms with van der Waals surface area (Å²) in [6.45, 7) is 7.76. The maximum absolute atomic E-state index is 6.53. The number of hydrogen-bond donors (Lipinski definition) is 1. The Bertz CT molecular complexity index is 351. The second-order valence-electron chi connectivity index (χ2n) is 5.75. The lowest BCUT2D eigenvalue weighted by Gasteiger charge is -2.35. The third kappa shape index (κ3) is 5.23. The molecule has 0 aliphatic heterocycles. The summed E-state index contributed by atoms with van der Waals surface area (Å²) in [5.41, 5.74) is 7.77. The van der Waals surface area contributed by atoms with Gasteiger partial charge in [0.05, 0.1) is 0 Å². The fraction of sp³-hybridized carbons (Fsp3) is 0.647. The van der Waals surface area contributed by atoms with Gasteiger partial charge in [0.25, 0.3) is 0 Å². The maximum atomic E-state index is 6.53. The summed E-state index contributed by atoms with van der Waals surface area (Å²) >= 11 is 0. The molecule has 0 saturated carbocycles. The van der Waals surface area contributed by atoms with Gasteiger partial charge in [0.15, 0.2) is 0 Å². The highest BCUT2D eigenvalue weighted by atomic mass is 15.2. The van der Waals surface area contributed by atoms with E-state index in [9.17, 15) is 0 Å². The van der Waals surface area contributed by atoms with Crippen LogP contribution < -0.4 is 5.73 Å². The Morgan fingerprint density at radius 3 is 2.15 bits per heavy atom. The van der Waals surface area contributed by atoms with Gasteiger partial charge in [-0.1, -0.05) is 44.2 Å². The largest absolute Gasteiger partial charge is 0.323 e. The van der Waals surface area contributed by atoms with Crippen LogP contribution in [-0.4, -0.2) is 49.6 Å². The molecule has 3 heteroatoms. The van der Waals surface area contributed by atoms with E-state index in [4.69, 9.17) is 5.73 Å². The van der Waals surface area contributed by atoms with Gasteiger partial charge in [-0.2, -0.15) is 0 Å². The van der Waals surface area contributed by atoms with E-state index in [1.807, 2.05) is 6.07 Å². The third-order valence-electron chi connectivity index (χ3n) is 3.83. The molecular formula is C17H31N3.